The standard InChI is InChI=1S/C26H30O2/c1-25(2,20-12-8-6-9-13-20)22-16-17-24(28-19-27-5)23(18-22)26(3,4)21-14-10-7-11-15-21/h6-18H,19H2,1-5H3. The summed E-state index contributed by atoms with van der Waals surface area (Å²) in [4.78, 5) is 0. The monoisotopic (exact) mass is 374 g/mol. The summed E-state index contributed by atoms with van der Waals surface area (Å²) in [6, 6.07) is 27.8. The van der Waals surface area contributed by atoms with Crippen molar-refractivity contribution in [2.45, 2.75) is 38.5 Å². The lowest BCUT2D eigenvalue weighted by molar-refractivity contribution is 0.0499. The van der Waals surface area contributed by atoms with E-state index in [1.807, 2.05) is 0 Å². The molecule has 0 aliphatic rings. The Morgan fingerprint density at radius 1 is 0.643 bits per heavy atom. The maximum Gasteiger partial charge on any atom is 0.188 e. The van der Waals surface area contributed by atoms with E-state index in [2.05, 4.69) is 107 Å². The van der Waals surface area contributed by atoms with Gasteiger partial charge in [0.2, 0.25) is 0 Å². The molecule has 3 rings (SSSR count). The van der Waals surface area contributed by atoms with Gasteiger partial charge in [-0.15, -0.1) is 0 Å². The van der Waals surface area contributed by atoms with Crippen molar-refractivity contribution >= 4 is 0 Å². The molecule has 0 N–H and O–H groups in total. The Morgan fingerprint density at radius 3 is 1.71 bits per heavy atom. The second-order valence-electron chi connectivity index (χ2n) is 8.24. The first-order valence-corrected chi connectivity index (χ1v) is 9.75. The predicted octanol–water partition coefficient (Wildman–Crippen LogP) is 6.32. The quantitative estimate of drug-likeness (QED) is 0.450. The molecule has 0 amide bonds. The average Bonchev–Trinajstić information content (AvgIpc) is 2.73. The van der Waals surface area contributed by atoms with E-state index in [9.17, 15) is 0 Å². The normalized spacial score (nSPS) is 12.0. The molecule has 0 aliphatic carbocycles. The summed E-state index contributed by atoms with van der Waals surface area (Å²) in [5.74, 6) is 0.864. The van der Waals surface area contributed by atoms with Crippen LogP contribution in [0.3, 0.4) is 0 Å². The molecule has 3 aromatic rings. The van der Waals surface area contributed by atoms with Crippen molar-refractivity contribution in [1.29, 1.82) is 0 Å². The first kappa shape index (κ1) is 20.2. The number of methoxy groups -OCH3 is 1. The van der Waals surface area contributed by atoms with Gasteiger partial charge < -0.3 is 9.47 Å². The molecule has 0 unspecified atom stereocenters. The van der Waals surface area contributed by atoms with Crippen LogP contribution in [0.1, 0.15) is 49.9 Å². The minimum absolute atomic E-state index is 0.109. The Labute approximate surface area is 169 Å². The van der Waals surface area contributed by atoms with Crippen molar-refractivity contribution in [3.63, 3.8) is 0 Å². The summed E-state index contributed by atoms with van der Waals surface area (Å²) in [6.07, 6.45) is 0. The number of rotatable bonds is 7. The zero-order valence-corrected chi connectivity index (χ0v) is 17.5. The topological polar surface area (TPSA) is 18.5 Å². The van der Waals surface area contributed by atoms with Gasteiger partial charge in [-0.3, -0.25) is 0 Å². The van der Waals surface area contributed by atoms with Gasteiger partial charge >= 0.3 is 0 Å². The minimum atomic E-state index is -0.201. The second-order valence-corrected chi connectivity index (χ2v) is 8.24. The number of hydrogen-bond acceptors (Lipinski definition) is 2. The zero-order valence-electron chi connectivity index (χ0n) is 17.5. The molecule has 146 valence electrons. The zero-order chi connectivity index (χ0) is 20.2. The Morgan fingerprint density at radius 2 is 1.18 bits per heavy atom. The molecule has 3 aromatic carbocycles. The van der Waals surface area contributed by atoms with Gasteiger partial charge in [-0.25, -0.2) is 0 Å². The lowest BCUT2D eigenvalue weighted by Gasteiger charge is -2.32. The second kappa shape index (κ2) is 8.20. The maximum atomic E-state index is 5.95. The summed E-state index contributed by atoms with van der Waals surface area (Å²) in [6.45, 7) is 9.27. The van der Waals surface area contributed by atoms with Crippen molar-refractivity contribution in [2.24, 2.45) is 0 Å². The molecular formula is C26H30O2. The van der Waals surface area contributed by atoms with Crippen LogP contribution in [-0.4, -0.2) is 13.9 Å². The van der Waals surface area contributed by atoms with Gasteiger partial charge in [0.05, 0.1) is 0 Å². The highest BCUT2D eigenvalue weighted by molar-refractivity contribution is 5.51. The van der Waals surface area contributed by atoms with Crippen molar-refractivity contribution in [3.05, 3.63) is 101 Å². The predicted molar refractivity (Wildman–Crippen MR) is 116 cm³/mol. The summed E-state index contributed by atoms with van der Waals surface area (Å²) in [5, 5.41) is 0. The van der Waals surface area contributed by atoms with Gasteiger partial charge in [0.1, 0.15) is 5.75 Å². The van der Waals surface area contributed by atoms with Gasteiger partial charge in [0.15, 0.2) is 6.79 Å². The Hall–Kier alpha value is -2.58. The fourth-order valence-electron chi connectivity index (χ4n) is 3.69. The first-order valence-electron chi connectivity index (χ1n) is 9.75. The SMILES string of the molecule is COCOc1ccc(C(C)(C)c2ccccc2)cc1C(C)(C)c1ccccc1. The molecule has 0 radical (unpaired) electrons. The third-order valence-corrected chi connectivity index (χ3v) is 5.70. The van der Waals surface area contributed by atoms with E-state index in [4.69, 9.17) is 9.47 Å². The molecule has 0 fully saturated rings. The van der Waals surface area contributed by atoms with Crippen LogP contribution < -0.4 is 4.74 Å². The van der Waals surface area contributed by atoms with Gasteiger partial charge in [-0.05, 0) is 22.8 Å². The third-order valence-electron chi connectivity index (χ3n) is 5.70. The first-order chi connectivity index (χ1) is 13.4. The molecule has 0 heterocycles. The molecule has 0 saturated carbocycles. The van der Waals surface area contributed by atoms with Crippen LogP contribution in [-0.2, 0) is 15.6 Å². The highest BCUT2D eigenvalue weighted by Gasteiger charge is 2.30. The van der Waals surface area contributed by atoms with E-state index in [1.54, 1.807) is 7.11 Å². The van der Waals surface area contributed by atoms with Crippen LogP contribution in [0, 0.1) is 0 Å². The highest BCUT2D eigenvalue weighted by Crippen LogP contribution is 2.41. The van der Waals surface area contributed by atoms with Crippen molar-refractivity contribution in [2.75, 3.05) is 13.9 Å². The van der Waals surface area contributed by atoms with E-state index in [-0.39, 0.29) is 17.6 Å². The van der Waals surface area contributed by atoms with Crippen molar-refractivity contribution in [1.82, 2.24) is 0 Å². The molecule has 0 bridgehead atoms. The summed E-state index contributed by atoms with van der Waals surface area (Å²) < 4.78 is 11.1. The fraction of sp³-hybridized carbons (Fsp3) is 0.308. The lowest BCUT2D eigenvalue weighted by Crippen LogP contribution is -2.24. The van der Waals surface area contributed by atoms with Gasteiger partial charge in [-0.2, -0.15) is 0 Å². The molecule has 2 nitrogen and oxygen atoms in total. The van der Waals surface area contributed by atoms with Gasteiger partial charge in [0.25, 0.3) is 0 Å². The van der Waals surface area contributed by atoms with Gasteiger partial charge in [-0.1, -0.05) is 100 Å². The Bertz CT molecular complexity index is 896. The van der Waals surface area contributed by atoms with Crippen LogP contribution in [0.4, 0.5) is 0 Å². The molecule has 0 aliphatic heterocycles. The lowest BCUT2D eigenvalue weighted by atomic mass is 9.73. The van der Waals surface area contributed by atoms with E-state index in [0.717, 1.165) is 11.3 Å². The van der Waals surface area contributed by atoms with E-state index in [0.29, 0.717) is 0 Å². The van der Waals surface area contributed by atoms with E-state index in [1.165, 1.54) is 16.7 Å². The van der Waals surface area contributed by atoms with Crippen LogP contribution in [0.2, 0.25) is 0 Å². The average molecular weight is 375 g/mol. The highest BCUT2D eigenvalue weighted by atomic mass is 16.7. The molecular weight excluding hydrogens is 344 g/mol. The number of ether oxygens (including phenoxy) is 2. The summed E-state index contributed by atoms with van der Waals surface area (Å²) >= 11 is 0. The summed E-state index contributed by atoms with van der Waals surface area (Å²) in [5.41, 5.74) is 4.67. The fourth-order valence-corrected chi connectivity index (χ4v) is 3.69. The summed E-state index contributed by atoms with van der Waals surface area (Å²) in [7, 11) is 1.65. The Kier molecular flexibility index (Phi) is 5.90. The molecule has 0 atom stereocenters. The van der Waals surface area contributed by atoms with E-state index >= 15 is 0 Å². The van der Waals surface area contributed by atoms with Crippen LogP contribution in [0.25, 0.3) is 0 Å². The Balaban J connectivity index is 2.12. The van der Waals surface area contributed by atoms with E-state index < -0.39 is 0 Å². The largest absolute Gasteiger partial charge is 0.467 e. The molecule has 0 spiro atoms. The van der Waals surface area contributed by atoms with Gasteiger partial charge in [0, 0.05) is 23.5 Å². The smallest absolute Gasteiger partial charge is 0.188 e. The molecule has 28 heavy (non-hydrogen) atoms. The number of benzene rings is 3. The number of hydrogen-bond donors (Lipinski definition) is 0. The third kappa shape index (κ3) is 3.98. The molecule has 0 aromatic heterocycles. The van der Waals surface area contributed by atoms with Crippen molar-refractivity contribution in [3.8, 4) is 5.75 Å². The van der Waals surface area contributed by atoms with Crippen LogP contribution in [0.15, 0.2) is 78.9 Å². The molecule has 2 heteroatoms. The van der Waals surface area contributed by atoms with Crippen LogP contribution in [0.5, 0.6) is 5.75 Å². The minimum Gasteiger partial charge on any atom is -0.467 e. The molecule has 0 saturated heterocycles. The van der Waals surface area contributed by atoms with Crippen LogP contribution >= 0.6 is 0 Å². The maximum absolute atomic E-state index is 5.95. The van der Waals surface area contributed by atoms with Crippen molar-refractivity contribution < 1.29 is 9.47 Å².